The average Bonchev–Trinajstić information content (AvgIpc) is 3.10. The van der Waals surface area contributed by atoms with Crippen LogP contribution >= 0.6 is 0 Å². The molecule has 0 amide bonds. The maximum atomic E-state index is 10.4. The van der Waals surface area contributed by atoms with Crippen molar-refractivity contribution in [1.82, 2.24) is 0 Å². The van der Waals surface area contributed by atoms with E-state index < -0.39 is 6.10 Å². The molecule has 5 nitrogen and oxygen atoms in total. The van der Waals surface area contributed by atoms with Gasteiger partial charge in [0.2, 0.25) is 0 Å². The summed E-state index contributed by atoms with van der Waals surface area (Å²) in [6.07, 6.45) is 2.94. The first-order valence-electron chi connectivity index (χ1n) is 8.98. The largest absolute Gasteiger partial charge is 0.495 e. The summed E-state index contributed by atoms with van der Waals surface area (Å²) in [4.78, 5) is 2.23. The summed E-state index contributed by atoms with van der Waals surface area (Å²) < 4.78 is 16.7. The van der Waals surface area contributed by atoms with Crippen LogP contribution in [0.5, 0.6) is 5.75 Å². The Hall–Kier alpha value is -1.30. The number of aliphatic hydroxyl groups excluding tert-OH is 1. The third-order valence-corrected chi connectivity index (χ3v) is 5.00. The van der Waals surface area contributed by atoms with Crippen molar-refractivity contribution in [1.29, 1.82) is 0 Å². The fraction of sp³-hybridized carbons (Fsp3) is 0.684. The Kier molecular flexibility index (Phi) is 5.98. The molecule has 2 aliphatic rings. The third-order valence-electron chi connectivity index (χ3n) is 5.00. The summed E-state index contributed by atoms with van der Waals surface area (Å²) in [5.41, 5.74) is 2.42. The van der Waals surface area contributed by atoms with E-state index in [1.807, 2.05) is 12.1 Å². The number of hydrogen-bond acceptors (Lipinski definition) is 5. The van der Waals surface area contributed by atoms with Crippen molar-refractivity contribution in [2.45, 2.75) is 44.3 Å². The first-order chi connectivity index (χ1) is 11.7. The molecule has 2 heterocycles. The molecule has 1 saturated heterocycles. The van der Waals surface area contributed by atoms with Gasteiger partial charge >= 0.3 is 0 Å². The summed E-state index contributed by atoms with van der Waals surface area (Å²) in [5.74, 6) is 1.39. The summed E-state index contributed by atoms with van der Waals surface area (Å²) in [6, 6.07) is 6.19. The van der Waals surface area contributed by atoms with Gasteiger partial charge in [-0.05, 0) is 36.8 Å². The van der Waals surface area contributed by atoms with Crippen LogP contribution in [0.4, 0.5) is 5.69 Å². The second-order valence-corrected chi connectivity index (χ2v) is 6.86. The molecule has 0 aliphatic carbocycles. The molecule has 5 heteroatoms. The Morgan fingerprint density at radius 1 is 1.38 bits per heavy atom. The molecule has 24 heavy (non-hydrogen) atoms. The molecule has 0 radical (unpaired) electrons. The highest BCUT2D eigenvalue weighted by Gasteiger charge is 2.27. The molecule has 3 unspecified atom stereocenters. The lowest BCUT2D eigenvalue weighted by molar-refractivity contribution is -0.0150. The Balaban J connectivity index is 1.58. The minimum absolute atomic E-state index is 0.203. The van der Waals surface area contributed by atoms with E-state index in [-0.39, 0.29) is 6.10 Å². The van der Waals surface area contributed by atoms with Gasteiger partial charge in [0.15, 0.2) is 0 Å². The molecule has 2 aliphatic heterocycles. The molecule has 3 atom stereocenters. The Morgan fingerprint density at radius 3 is 3.00 bits per heavy atom. The van der Waals surface area contributed by atoms with Crippen LogP contribution in [-0.4, -0.2) is 57.3 Å². The summed E-state index contributed by atoms with van der Waals surface area (Å²) in [6.45, 7) is 5.49. The van der Waals surface area contributed by atoms with Gasteiger partial charge in [-0.25, -0.2) is 0 Å². The van der Waals surface area contributed by atoms with E-state index in [2.05, 4.69) is 17.9 Å². The normalized spacial score (nSPS) is 24.7. The van der Waals surface area contributed by atoms with Gasteiger partial charge in [-0.15, -0.1) is 0 Å². The minimum Gasteiger partial charge on any atom is -0.495 e. The summed E-state index contributed by atoms with van der Waals surface area (Å²) in [7, 11) is 1.70. The van der Waals surface area contributed by atoms with Gasteiger partial charge in [0.25, 0.3) is 0 Å². The highest BCUT2D eigenvalue weighted by molar-refractivity contribution is 5.66. The Labute approximate surface area is 144 Å². The van der Waals surface area contributed by atoms with Gasteiger partial charge in [0, 0.05) is 19.7 Å². The van der Waals surface area contributed by atoms with E-state index in [1.54, 1.807) is 7.11 Å². The zero-order valence-corrected chi connectivity index (χ0v) is 14.7. The minimum atomic E-state index is -0.516. The number of rotatable bonds is 7. The number of aliphatic hydroxyl groups is 1. The van der Waals surface area contributed by atoms with Crippen LogP contribution in [0.3, 0.4) is 0 Å². The van der Waals surface area contributed by atoms with Crippen molar-refractivity contribution in [3.8, 4) is 5.75 Å². The first-order valence-corrected chi connectivity index (χ1v) is 8.98. The predicted octanol–water partition coefficient (Wildman–Crippen LogP) is 2.57. The van der Waals surface area contributed by atoms with Gasteiger partial charge in [0.05, 0.1) is 38.2 Å². The Bertz CT molecular complexity index is 530. The number of nitrogens with zero attached hydrogens (tertiary/aromatic N) is 1. The molecule has 0 bridgehead atoms. The standard InChI is InChI=1S/C19H29NO4/c1-14-8-9-20(19-17(14)6-3-7-18(19)22-2)11-15(21)12-23-13-16-5-4-10-24-16/h3,6-7,14-16,21H,4-5,8-13H2,1-2H3. The molecule has 3 rings (SSSR count). The lowest BCUT2D eigenvalue weighted by Gasteiger charge is -2.36. The molecule has 0 saturated carbocycles. The zero-order valence-electron chi connectivity index (χ0n) is 14.7. The van der Waals surface area contributed by atoms with Crippen molar-refractivity contribution in [3.63, 3.8) is 0 Å². The van der Waals surface area contributed by atoms with Crippen LogP contribution in [0.1, 0.15) is 37.7 Å². The van der Waals surface area contributed by atoms with E-state index in [0.29, 0.717) is 25.7 Å². The van der Waals surface area contributed by atoms with Crippen LogP contribution in [0, 0.1) is 0 Å². The lowest BCUT2D eigenvalue weighted by Crippen LogP contribution is -2.39. The van der Waals surface area contributed by atoms with Crippen molar-refractivity contribution in [2.75, 3.05) is 44.9 Å². The maximum Gasteiger partial charge on any atom is 0.142 e. The van der Waals surface area contributed by atoms with Crippen molar-refractivity contribution in [3.05, 3.63) is 23.8 Å². The van der Waals surface area contributed by atoms with E-state index in [9.17, 15) is 5.11 Å². The zero-order chi connectivity index (χ0) is 16.9. The molecule has 134 valence electrons. The molecule has 1 aromatic rings. The lowest BCUT2D eigenvalue weighted by atomic mass is 9.91. The van der Waals surface area contributed by atoms with Gasteiger partial charge in [-0.1, -0.05) is 19.1 Å². The van der Waals surface area contributed by atoms with Crippen LogP contribution in [-0.2, 0) is 9.47 Å². The molecule has 1 fully saturated rings. The number of anilines is 1. The van der Waals surface area contributed by atoms with Crippen molar-refractivity contribution < 1.29 is 19.3 Å². The highest BCUT2D eigenvalue weighted by Crippen LogP contribution is 2.41. The second kappa shape index (κ2) is 8.19. The van der Waals surface area contributed by atoms with E-state index in [4.69, 9.17) is 14.2 Å². The van der Waals surface area contributed by atoms with Crippen LogP contribution < -0.4 is 9.64 Å². The number of β-amino-alcohol motifs (C(OH)–C–C–N with tert-alkyl or cyclic N) is 1. The van der Waals surface area contributed by atoms with Gasteiger partial charge in [-0.2, -0.15) is 0 Å². The highest BCUT2D eigenvalue weighted by atomic mass is 16.5. The molecule has 1 N–H and O–H groups in total. The van der Waals surface area contributed by atoms with Gasteiger partial charge in [-0.3, -0.25) is 0 Å². The molecule has 0 spiro atoms. The number of fused-ring (bicyclic) bond motifs is 1. The number of hydrogen-bond donors (Lipinski definition) is 1. The van der Waals surface area contributed by atoms with Gasteiger partial charge < -0.3 is 24.2 Å². The number of para-hydroxylation sites is 1. The van der Waals surface area contributed by atoms with Crippen molar-refractivity contribution >= 4 is 5.69 Å². The quantitative estimate of drug-likeness (QED) is 0.830. The van der Waals surface area contributed by atoms with Gasteiger partial charge in [0.1, 0.15) is 5.75 Å². The molecular formula is C19H29NO4. The first kappa shape index (κ1) is 17.5. The third kappa shape index (κ3) is 4.02. The van der Waals surface area contributed by atoms with Crippen LogP contribution in [0.15, 0.2) is 18.2 Å². The Morgan fingerprint density at radius 2 is 2.25 bits per heavy atom. The second-order valence-electron chi connectivity index (χ2n) is 6.86. The SMILES string of the molecule is COc1cccc2c1N(CC(O)COCC1CCCO1)CCC2C. The number of ether oxygens (including phenoxy) is 3. The topological polar surface area (TPSA) is 51.2 Å². The molecule has 0 aromatic heterocycles. The average molecular weight is 335 g/mol. The fourth-order valence-electron chi connectivity index (χ4n) is 3.66. The fourth-order valence-corrected chi connectivity index (χ4v) is 3.66. The number of benzene rings is 1. The van der Waals surface area contributed by atoms with Crippen LogP contribution in [0.2, 0.25) is 0 Å². The number of methoxy groups -OCH3 is 1. The monoisotopic (exact) mass is 335 g/mol. The van der Waals surface area contributed by atoms with Crippen LogP contribution in [0.25, 0.3) is 0 Å². The summed E-state index contributed by atoms with van der Waals surface area (Å²) >= 11 is 0. The smallest absolute Gasteiger partial charge is 0.142 e. The maximum absolute atomic E-state index is 10.4. The van der Waals surface area contributed by atoms with E-state index in [0.717, 1.165) is 43.9 Å². The predicted molar refractivity (Wildman–Crippen MR) is 94.0 cm³/mol. The van der Waals surface area contributed by atoms with E-state index in [1.165, 1.54) is 5.56 Å². The van der Waals surface area contributed by atoms with Crippen molar-refractivity contribution in [2.24, 2.45) is 0 Å². The molecular weight excluding hydrogens is 306 g/mol. The summed E-state index contributed by atoms with van der Waals surface area (Å²) in [5, 5.41) is 10.4. The molecule has 1 aromatic carbocycles. The van der Waals surface area contributed by atoms with E-state index >= 15 is 0 Å².